The molecule has 0 saturated carbocycles. The van der Waals surface area contributed by atoms with Crippen molar-refractivity contribution in [1.29, 1.82) is 0 Å². The molecule has 0 amide bonds. The van der Waals surface area contributed by atoms with Crippen LogP contribution in [-0.2, 0) is 0 Å². The maximum atomic E-state index is 2.44. The van der Waals surface area contributed by atoms with Crippen molar-refractivity contribution in [2.24, 2.45) is 5.92 Å². The van der Waals surface area contributed by atoms with Gasteiger partial charge in [-0.25, -0.2) is 0 Å². The number of likely N-dealkylation sites (tertiary alicyclic amines) is 1. The molecule has 12 heavy (non-hydrogen) atoms. The van der Waals surface area contributed by atoms with Gasteiger partial charge in [0.1, 0.15) is 0 Å². The fourth-order valence-corrected chi connectivity index (χ4v) is 1.82. The van der Waals surface area contributed by atoms with Crippen molar-refractivity contribution in [2.75, 3.05) is 40.3 Å². The molecule has 1 saturated heterocycles. The molecule has 1 aliphatic heterocycles. The van der Waals surface area contributed by atoms with Crippen molar-refractivity contribution in [3.05, 3.63) is 0 Å². The normalized spacial score (nSPS) is 25.5. The molecule has 0 radical (unpaired) electrons. The molecular formula is C10H22N2. The van der Waals surface area contributed by atoms with Crippen molar-refractivity contribution < 1.29 is 0 Å². The van der Waals surface area contributed by atoms with E-state index in [2.05, 4.69) is 30.8 Å². The monoisotopic (exact) mass is 170 g/mol. The molecule has 0 N–H and O–H groups in total. The lowest BCUT2D eigenvalue weighted by Gasteiger charge is -2.16. The van der Waals surface area contributed by atoms with E-state index < -0.39 is 0 Å². The number of rotatable bonds is 4. The minimum absolute atomic E-state index is 0.962. The Hall–Kier alpha value is -0.0800. The second kappa shape index (κ2) is 4.83. The fraction of sp³-hybridized carbons (Fsp3) is 1.00. The Morgan fingerprint density at radius 3 is 2.75 bits per heavy atom. The first-order valence-corrected chi connectivity index (χ1v) is 5.09. The van der Waals surface area contributed by atoms with Gasteiger partial charge < -0.3 is 9.80 Å². The maximum Gasteiger partial charge on any atom is 0.000756 e. The van der Waals surface area contributed by atoms with E-state index in [0.29, 0.717) is 0 Å². The van der Waals surface area contributed by atoms with Gasteiger partial charge in [-0.1, -0.05) is 6.92 Å². The lowest BCUT2D eigenvalue weighted by atomic mass is 10.1. The predicted molar refractivity (Wildman–Crippen MR) is 53.4 cm³/mol. The van der Waals surface area contributed by atoms with Gasteiger partial charge >= 0.3 is 0 Å². The number of hydrogen-bond acceptors (Lipinski definition) is 2. The van der Waals surface area contributed by atoms with E-state index in [1.807, 2.05) is 0 Å². The summed E-state index contributed by atoms with van der Waals surface area (Å²) in [4.78, 5) is 4.84. The van der Waals surface area contributed by atoms with Gasteiger partial charge in [-0.2, -0.15) is 0 Å². The molecule has 0 aromatic rings. The second-order valence-electron chi connectivity index (χ2n) is 4.10. The Morgan fingerprint density at radius 2 is 2.25 bits per heavy atom. The molecule has 0 spiro atoms. The molecule has 2 heteroatoms. The molecule has 2 nitrogen and oxygen atoms in total. The summed E-state index contributed by atoms with van der Waals surface area (Å²) >= 11 is 0. The van der Waals surface area contributed by atoms with Crippen LogP contribution in [0.3, 0.4) is 0 Å². The largest absolute Gasteiger partial charge is 0.307 e. The van der Waals surface area contributed by atoms with Gasteiger partial charge in [0.25, 0.3) is 0 Å². The molecule has 0 bridgehead atoms. The molecule has 0 aromatic heterocycles. The van der Waals surface area contributed by atoms with Gasteiger partial charge in [-0.3, -0.25) is 0 Å². The summed E-state index contributed by atoms with van der Waals surface area (Å²) in [5.41, 5.74) is 0. The summed E-state index contributed by atoms with van der Waals surface area (Å²) in [6.45, 7) is 7.30. The summed E-state index contributed by atoms with van der Waals surface area (Å²) in [6.07, 6.45) is 2.79. The Balaban J connectivity index is 2.07. The SMILES string of the molecule is CCN(C)CCC1CCN(C)C1. The van der Waals surface area contributed by atoms with Crippen molar-refractivity contribution in [1.82, 2.24) is 9.80 Å². The summed E-state index contributed by atoms with van der Waals surface area (Å²) in [6, 6.07) is 0. The van der Waals surface area contributed by atoms with E-state index in [1.165, 1.54) is 39.0 Å². The quantitative estimate of drug-likeness (QED) is 0.627. The van der Waals surface area contributed by atoms with Crippen LogP contribution in [-0.4, -0.2) is 50.1 Å². The smallest absolute Gasteiger partial charge is 0.000756 e. The summed E-state index contributed by atoms with van der Waals surface area (Å²) in [5, 5.41) is 0. The van der Waals surface area contributed by atoms with Crippen LogP contribution < -0.4 is 0 Å². The summed E-state index contributed by atoms with van der Waals surface area (Å²) in [5.74, 6) is 0.962. The molecule has 0 aliphatic carbocycles. The van der Waals surface area contributed by atoms with Crippen LogP contribution in [0.1, 0.15) is 19.8 Å². The van der Waals surface area contributed by atoms with E-state index in [9.17, 15) is 0 Å². The third-order valence-corrected chi connectivity index (χ3v) is 2.95. The van der Waals surface area contributed by atoms with Crippen molar-refractivity contribution in [2.45, 2.75) is 19.8 Å². The minimum atomic E-state index is 0.962. The highest BCUT2D eigenvalue weighted by molar-refractivity contribution is 4.73. The van der Waals surface area contributed by atoms with E-state index in [-0.39, 0.29) is 0 Å². The molecule has 1 heterocycles. The Labute approximate surface area is 76.5 Å². The maximum absolute atomic E-state index is 2.44. The van der Waals surface area contributed by atoms with Crippen molar-refractivity contribution >= 4 is 0 Å². The van der Waals surface area contributed by atoms with Crippen LogP contribution >= 0.6 is 0 Å². The van der Waals surface area contributed by atoms with Crippen LogP contribution in [0, 0.1) is 5.92 Å². The molecule has 1 rings (SSSR count). The Kier molecular flexibility index (Phi) is 4.02. The first kappa shape index (κ1) is 10.0. The molecular weight excluding hydrogens is 148 g/mol. The lowest BCUT2D eigenvalue weighted by molar-refractivity contribution is 0.308. The van der Waals surface area contributed by atoms with E-state index in [0.717, 1.165) is 5.92 Å². The zero-order chi connectivity index (χ0) is 8.97. The first-order valence-electron chi connectivity index (χ1n) is 5.09. The summed E-state index contributed by atoms with van der Waals surface area (Å²) in [7, 11) is 4.43. The minimum Gasteiger partial charge on any atom is -0.307 e. The Bertz CT molecular complexity index is 125. The zero-order valence-electron chi connectivity index (χ0n) is 8.71. The molecule has 1 fully saturated rings. The highest BCUT2D eigenvalue weighted by Crippen LogP contribution is 2.17. The third kappa shape index (κ3) is 3.11. The van der Waals surface area contributed by atoms with Gasteiger partial charge in [-0.05, 0) is 52.5 Å². The predicted octanol–water partition coefficient (Wildman–Crippen LogP) is 1.28. The van der Waals surface area contributed by atoms with Gasteiger partial charge in [0.15, 0.2) is 0 Å². The highest BCUT2D eigenvalue weighted by atomic mass is 15.1. The average Bonchev–Trinajstić information content (AvgIpc) is 2.47. The van der Waals surface area contributed by atoms with Crippen LogP contribution in [0.25, 0.3) is 0 Å². The van der Waals surface area contributed by atoms with Crippen molar-refractivity contribution in [3.63, 3.8) is 0 Å². The lowest BCUT2D eigenvalue weighted by Crippen LogP contribution is -2.22. The zero-order valence-corrected chi connectivity index (χ0v) is 8.71. The topological polar surface area (TPSA) is 6.48 Å². The molecule has 1 aliphatic rings. The van der Waals surface area contributed by atoms with Gasteiger partial charge in [0, 0.05) is 6.54 Å². The average molecular weight is 170 g/mol. The van der Waals surface area contributed by atoms with Crippen LogP contribution in [0.2, 0.25) is 0 Å². The summed E-state index contributed by atoms with van der Waals surface area (Å²) < 4.78 is 0. The van der Waals surface area contributed by atoms with Gasteiger partial charge in [0.2, 0.25) is 0 Å². The van der Waals surface area contributed by atoms with E-state index in [1.54, 1.807) is 0 Å². The van der Waals surface area contributed by atoms with E-state index >= 15 is 0 Å². The fourth-order valence-electron chi connectivity index (χ4n) is 1.82. The third-order valence-electron chi connectivity index (χ3n) is 2.95. The molecule has 1 unspecified atom stereocenters. The highest BCUT2D eigenvalue weighted by Gasteiger charge is 2.18. The van der Waals surface area contributed by atoms with Crippen LogP contribution in [0.4, 0.5) is 0 Å². The Morgan fingerprint density at radius 1 is 1.50 bits per heavy atom. The number of hydrogen-bond donors (Lipinski definition) is 0. The molecule has 1 atom stereocenters. The second-order valence-corrected chi connectivity index (χ2v) is 4.10. The molecule has 72 valence electrons. The molecule has 0 aromatic carbocycles. The van der Waals surface area contributed by atoms with Gasteiger partial charge in [0.05, 0.1) is 0 Å². The van der Waals surface area contributed by atoms with Crippen LogP contribution in [0.15, 0.2) is 0 Å². The van der Waals surface area contributed by atoms with Gasteiger partial charge in [-0.15, -0.1) is 0 Å². The number of nitrogens with zero attached hydrogens (tertiary/aromatic N) is 2. The standard InChI is InChI=1S/C10H22N2/c1-4-11(2)7-5-10-6-8-12(3)9-10/h10H,4-9H2,1-3H3. The van der Waals surface area contributed by atoms with Crippen LogP contribution in [0.5, 0.6) is 0 Å². The first-order chi connectivity index (χ1) is 5.72. The van der Waals surface area contributed by atoms with Crippen molar-refractivity contribution in [3.8, 4) is 0 Å². The van der Waals surface area contributed by atoms with E-state index in [4.69, 9.17) is 0 Å².